The maximum atomic E-state index is 13.4. The molecule has 35 heavy (non-hydrogen) atoms. The van der Waals surface area contributed by atoms with E-state index in [9.17, 15) is 38.3 Å². The molecule has 3 aromatic rings. The smallest absolute Gasteiger partial charge is 0.416 e. The summed E-state index contributed by atoms with van der Waals surface area (Å²) in [5, 5.41) is 30.8. The van der Waals surface area contributed by atoms with Crippen molar-refractivity contribution in [2.24, 2.45) is 5.92 Å². The Kier molecular flexibility index (Phi) is 8.08. The maximum absolute atomic E-state index is 13.4. The highest BCUT2D eigenvalue weighted by Gasteiger charge is 2.33. The van der Waals surface area contributed by atoms with Gasteiger partial charge in [0.1, 0.15) is 5.75 Å². The highest BCUT2D eigenvalue weighted by Crippen LogP contribution is 2.34. The fourth-order valence-electron chi connectivity index (χ4n) is 3.72. The number of phenols is 1. The van der Waals surface area contributed by atoms with Crippen LogP contribution in [0.3, 0.4) is 0 Å². The van der Waals surface area contributed by atoms with E-state index in [2.05, 4.69) is 0 Å². The van der Waals surface area contributed by atoms with Crippen molar-refractivity contribution in [2.75, 3.05) is 11.5 Å². The number of para-hydroxylation sites is 1. The first-order valence-corrected chi connectivity index (χ1v) is 10.7. The number of aliphatic hydroxyl groups is 1. The van der Waals surface area contributed by atoms with Gasteiger partial charge in [0, 0.05) is 23.0 Å². The average Bonchev–Trinajstić information content (AvgIpc) is 2.83. The first kappa shape index (κ1) is 25.7. The quantitative estimate of drug-likeness (QED) is 0.301. The van der Waals surface area contributed by atoms with Crippen LogP contribution in [0.15, 0.2) is 72.8 Å². The SMILES string of the molecule is O=C(C(CO)CCCc1ccc(C(F)(F)F)cc1[N+](=O)[O-])N(c1ccccc1)c1ccc(O)cc1. The molecule has 0 aromatic heterocycles. The molecule has 0 bridgehead atoms. The average molecular weight is 488 g/mol. The molecule has 3 aromatic carbocycles. The number of amides is 1. The lowest BCUT2D eigenvalue weighted by Crippen LogP contribution is -2.34. The molecule has 1 amide bonds. The van der Waals surface area contributed by atoms with Gasteiger partial charge in [-0.25, -0.2) is 0 Å². The third-order valence-electron chi connectivity index (χ3n) is 5.52. The van der Waals surface area contributed by atoms with Crippen LogP contribution in [-0.4, -0.2) is 27.7 Å². The lowest BCUT2D eigenvalue weighted by atomic mass is 9.97. The van der Waals surface area contributed by atoms with Gasteiger partial charge in [-0.15, -0.1) is 0 Å². The number of hydrogen-bond donors (Lipinski definition) is 2. The van der Waals surface area contributed by atoms with Crippen LogP contribution in [0.5, 0.6) is 5.75 Å². The number of nitrogens with zero attached hydrogens (tertiary/aromatic N) is 2. The van der Waals surface area contributed by atoms with Crippen molar-refractivity contribution in [1.82, 2.24) is 0 Å². The first-order chi connectivity index (χ1) is 16.6. The number of halogens is 3. The number of carbonyl (C=O) groups excluding carboxylic acids is 1. The minimum atomic E-state index is -4.70. The van der Waals surface area contributed by atoms with Crippen molar-refractivity contribution in [3.05, 3.63) is 94.0 Å². The summed E-state index contributed by atoms with van der Waals surface area (Å²) >= 11 is 0. The fraction of sp³-hybridized carbons (Fsp3) is 0.240. The molecule has 10 heteroatoms. The van der Waals surface area contributed by atoms with Gasteiger partial charge in [-0.1, -0.05) is 24.3 Å². The molecule has 0 aliphatic rings. The van der Waals surface area contributed by atoms with E-state index in [1.54, 1.807) is 42.5 Å². The summed E-state index contributed by atoms with van der Waals surface area (Å²) < 4.78 is 38.8. The highest BCUT2D eigenvalue weighted by atomic mass is 19.4. The Hall–Kier alpha value is -3.92. The Morgan fingerprint density at radius 3 is 2.20 bits per heavy atom. The molecule has 7 nitrogen and oxygen atoms in total. The summed E-state index contributed by atoms with van der Waals surface area (Å²) in [6.45, 7) is -0.491. The van der Waals surface area contributed by atoms with Crippen molar-refractivity contribution in [3.8, 4) is 5.75 Å². The van der Waals surface area contributed by atoms with Crippen LogP contribution < -0.4 is 4.90 Å². The van der Waals surface area contributed by atoms with Crippen LogP contribution >= 0.6 is 0 Å². The second kappa shape index (κ2) is 11.0. The Balaban J connectivity index is 1.79. The van der Waals surface area contributed by atoms with Crippen LogP contribution in [0.25, 0.3) is 0 Å². The molecule has 0 radical (unpaired) electrons. The number of aliphatic hydroxyl groups excluding tert-OH is 1. The molecule has 2 N–H and O–H groups in total. The summed E-state index contributed by atoms with van der Waals surface area (Å²) in [5.41, 5.74) is -0.619. The van der Waals surface area contributed by atoms with E-state index in [0.717, 1.165) is 12.1 Å². The van der Waals surface area contributed by atoms with Gasteiger partial charge in [0.05, 0.1) is 23.0 Å². The van der Waals surface area contributed by atoms with Crippen molar-refractivity contribution >= 4 is 23.0 Å². The van der Waals surface area contributed by atoms with E-state index < -0.39 is 40.8 Å². The monoisotopic (exact) mass is 488 g/mol. The summed E-state index contributed by atoms with van der Waals surface area (Å²) in [5.74, 6) is -1.27. The van der Waals surface area contributed by atoms with E-state index in [4.69, 9.17) is 0 Å². The predicted octanol–water partition coefficient (Wildman–Crippen LogP) is 5.62. The molecule has 0 aliphatic heterocycles. The summed E-state index contributed by atoms with van der Waals surface area (Å²) in [6, 6.07) is 17.0. The van der Waals surface area contributed by atoms with Gasteiger partial charge in [0.25, 0.3) is 5.69 Å². The van der Waals surface area contributed by atoms with Crippen molar-refractivity contribution in [3.63, 3.8) is 0 Å². The Labute approximate surface area is 199 Å². The van der Waals surface area contributed by atoms with Gasteiger partial charge >= 0.3 is 6.18 Å². The number of aromatic hydroxyl groups is 1. The molecule has 0 spiro atoms. The third kappa shape index (κ3) is 6.36. The summed E-state index contributed by atoms with van der Waals surface area (Å²) in [6.07, 6.45) is -4.27. The Morgan fingerprint density at radius 1 is 1.00 bits per heavy atom. The first-order valence-electron chi connectivity index (χ1n) is 10.7. The second-order valence-electron chi connectivity index (χ2n) is 7.90. The van der Waals surface area contributed by atoms with Crippen LogP contribution in [0.2, 0.25) is 0 Å². The van der Waals surface area contributed by atoms with Crippen molar-refractivity contribution in [1.29, 1.82) is 0 Å². The topological polar surface area (TPSA) is 104 Å². The van der Waals surface area contributed by atoms with E-state index in [1.165, 1.54) is 17.0 Å². The van der Waals surface area contributed by atoms with Crippen molar-refractivity contribution in [2.45, 2.75) is 25.4 Å². The van der Waals surface area contributed by atoms with Crippen LogP contribution in [-0.2, 0) is 17.4 Å². The molecule has 3 rings (SSSR count). The number of anilines is 2. The lowest BCUT2D eigenvalue weighted by molar-refractivity contribution is -0.385. The van der Waals surface area contributed by atoms with Gasteiger partial charge in [-0.2, -0.15) is 13.2 Å². The van der Waals surface area contributed by atoms with Gasteiger partial charge in [0.2, 0.25) is 5.91 Å². The maximum Gasteiger partial charge on any atom is 0.416 e. The molecule has 0 heterocycles. The summed E-state index contributed by atoms with van der Waals surface area (Å²) in [7, 11) is 0. The lowest BCUT2D eigenvalue weighted by Gasteiger charge is -2.27. The number of nitro benzene ring substituents is 1. The number of alkyl halides is 3. The van der Waals surface area contributed by atoms with E-state index in [1.807, 2.05) is 0 Å². The third-order valence-corrected chi connectivity index (χ3v) is 5.52. The van der Waals surface area contributed by atoms with E-state index in [-0.39, 0.29) is 30.6 Å². The standard InChI is InChI=1S/C25H23F3N2O5/c26-25(27,28)19-10-9-17(23(15-19)30(34)35)5-4-6-18(16-31)24(33)29(20-7-2-1-3-8-20)21-11-13-22(32)14-12-21/h1-3,7-15,18,31-32H,4-6,16H2. The Bertz CT molecular complexity index is 1170. The number of hydrogen-bond acceptors (Lipinski definition) is 5. The largest absolute Gasteiger partial charge is 0.508 e. The number of aryl methyl sites for hydroxylation is 1. The Morgan fingerprint density at radius 2 is 1.63 bits per heavy atom. The minimum Gasteiger partial charge on any atom is -0.508 e. The fourth-order valence-corrected chi connectivity index (χ4v) is 3.72. The number of rotatable bonds is 9. The number of phenolic OH excluding ortho intramolecular Hbond substituents is 1. The molecular weight excluding hydrogens is 465 g/mol. The molecule has 0 saturated heterocycles. The molecule has 184 valence electrons. The highest BCUT2D eigenvalue weighted by molar-refractivity contribution is 6.01. The van der Waals surface area contributed by atoms with Crippen LogP contribution in [0.4, 0.5) is 30.2 Å². The van der Waals surface area contributed by atoms with E-state index in [0.29, 0.717) is 17.4 Å². The molecule has 0 fully saturated rings. The van der Waals surface area contributed by atoms with Crippen LogP contribution in [0.1, 0.15) is 24.0 Å². The van der Waals surface area contributed by atoms with Crippen molar-refractivity contribution < 1.29 is 33.1 Å². The van der Waals surface area contributed by atoms with Gasteiger partial charge in [-0.3, -0.25) is 19.8 Å². The molecular formula is C25H23F3N2O5. The zero-order chi connectivity index (χ0) is 25.6. The molecule has 0 aliphatic carbocycles. The summed E-state index contributed by atoms with van der Waals surface area (Å²) in [4.78, 5) is 25.3. The number of nitro groups is 1. The van der Waals surface area contributed by atoms with Gasteiger partial charge in [-0.05, 0) is 61.7 Å². The van der Waals surface area contributed by atoms with E-state index >= 15 is 0 Å². The van der Waals surface area contributed by atoms with Gasteiger partial charge < -0.3 is 10.2 Å². The minimum absolute atomic E-state index is 0.0195. The second-order valence-corrected chi connectivity index (χ2v) is 7.90. The zero-order valence-electron chi connectivity index (χ0n) is 18.5. The number of benzene rings is 3. The molecule has 0 saturated carbocycles. The normalized spacial score (nSPS) is 12.2. The molecule has 1 unspecified atom stereocenters. The zero-order valence-corrected chi connectivity index (χ0v) is 18.5. The van der Waals surface area contributed by atoms with Gasteiger partial charge in [0.15, 0.2) is 0 Å². The number of carbonyl (C=O) groups is 1. The molecule has 1 atom stereocenters. The van der Waals surface area contributed by atoms with Crippen LogP contribution in [0, 0.1) is 16.0 Å². The predicted molar refractivity (Wildman–Crippen MR) is 123 cm³/mol.